The molecule has 0 aliphatic carbocycles. The number of amides is 1. The van der Waals surface area contributed by atoms with Gasteiger partial charge in [-0.15, -0.1) is 11.3 Å². The van der Waals surface area contributed by atoms with Crippen LogP contribution >= 0.6 is 57.7 Å². The number of anilines is 1. The number of nitrogens with one attached hydrogen (secondary N) is 2. The smallest absolute Gasteiger partial charge is 0.341 e. The molecule has 0 spiro atoms. The Hall–Kier alpha value is -1.55. The van der Waals surface area contributed by atoms with E-state index < -0.39 is 21.8 Å². The zero-order valence-electron chi connectivity index (χ0n) is 18.3. The predicted molar refractivity (Wildman–Crippen MR) is 135 cm³/mol. The van der Waals surface area contributed by atoms with Gasteiger partial charge in [-0.05, 0) is 57.8 Å². The molecule has 1 atom stereocenters. The molecular formula is C21H23Cl4N3O4S. The van der Waals surface area contributed by atoms with E-state index >= 15 is 0 Å². The second-order valence-corrected chi connectivity index (χ2v) is 11.1. The Morgan fingerprint density at radius 3 is 2.27 bits per heavy atom. The number of ether oxygens (including phenoxy) is 1. The Balaban J connectivity index is 2.43. The summed E-state index contributed by atoms with van der Waals surface area (Å²) >= 11 is 25.3. The zero-order chi connectivity index (χ0) is 24.9. The van der Waals surface area contributed by atoms with Gasteiger partial charge in [0.15, 0.2) is 5.78 Å². The lowest BCUT2D eigenvalue weighted by atomic mass is 10.1. The van der Waals surface area contributed by atoms with E-state index in [4.69, 9.17) is 51.1 Å². The second-order valence-electron chi connectivity index (χ2n) is 7.24. The lowest BCUT2D eigenvalue weighted by Gasteiger charge is -2.27. The number of hydrogen-bond acceptors (Lipinski definition) is 7. The van der Waals surface area contributed by atoms with Crippen molar-refractivity contribution in [2.45, 2.75) is 23.8 Å². The van der Waals surface area contributed by atoms with Crippen LogP contribution in [0.25, 0.3) is 0 Å². The van der Waals surface area contributed by atoms with Crippen LogP contribution < -0.4 is 10.6 Å². The number of Topliss-reactive ketones (excluding diaryl/α,β-unsaturated/α-hetero) is 1. The van der Waals surface area contributed by atoms with Gasteiger partial charge < -0.3 is 20.3 Å². The molecule has 0 fully saturated rings. The highest BCUT2D eigenvalue weighted by atomic mass is 35.6. The lowest BCUT2D eigenvalue weighted by molar-refractivity contribution is 0.0527. The van der Waals surface area contributed by atoms with Crippen LogP contribution in [0.5, 0.6) is 0 Å². The number of esters is 1. The Bertz CT molecular complexity index is 1020. The molecular weight excluding hydrogens is 532 g/mol. The molecule has 1 amide bonds. The molecule has 7 nitrogen and oxygen atoms in total. The van der Waals surface area contributed by atoms with Gasteiger partial charge in [-0.2, -0.15) is 0 Å². The Kier molecular flexibility index (Phi) is 9.84. The average molecular weight is 555 g/mol. The van der Waals surface area contributed by atoms with E-state index in [1.54, 1.807) is 45.0 Å². The first-order valence-corrected chi connectivity index (χ1v) is 12.1. The van der Waals surface area contributed by atoms with Crippen LogP contribution in [0.1, 0.15) is 42.9 Å². The van der Waals surface area contributed by atoms with E-state index in [-0.39, 0.29) is 35.1 Å². The van der Waals surface area contributed by atoms with Crippen molar-refractivity contribution in [2.75, 3.05) is 32.6 Å². The molecule has 1 heterocycles. The van der Waals surface area contributed by atoms with Gasteiger partial charge in [0.05, 0.1) is 23.6 Å². The first kappa shape index (κ1) is 27.7. The Morgan fingerprint density at radius 1 is 1.15 bits per heavy atom. The van der Waals surface area contributed by atoms with E-state index in [1.807, 2.05) is 0 Å². The molecule has 2 aromatic rings. The summed E-state index contributed by atoms with van der Waals surface area (Å²) in [7, 11) is 3.52. The number of halogens is 4. The SMILES string of the molecule is CCOC(=O)c1c(NC(NC(=O)c2ccc(Cl)cc2)C(Cl)(Cl)Cl)sc(C(=O)CN(C)C)c1C. The second kappa shape index (κ2) is 11.7. The predicted octanol–water partition coefficient (Wildman–Crippen LogP) is 5.17. The average Bonchev–Trinajstić information content (AvgIpc) is 3.03. The van der Waals surface area contributed by atoms with Crippen LogP contribution in [0.15, 0.2) is 24.3 Å². The van der Waals surface area contributed by atoms with Crippen LogP contribution in [0.3, 0.4) is 0 Å². The van der Waals surface area contributed by atoms with Gasteiger partial charge in [0, 0.05) is 10.6 Å². The molecule has 33 heavy (non-hydrogen) atoms. The van der Waals surface area contributed by atoms with Crippen molar-refractivity contribution in [3.63, 3.8) is 0 Å². The number of nitrogens with zero attached hydrogens (tertiary/aromatic N) is 1. The fraction of sp³-hybridized carbons (Fsp3) is 0.381. The summed E-state index contributed by atoms with van der Waals surface area (Å²) in [4.78, 5) is 40.2. The maximum atomic E-state index is 12.7. The standard InChI is InChI=1S/C21H23Cl4N3O4S/c1-5-32-19(31)15-11(2)16(14(29)10-28(3)4)33-18(15)27-20(21(23,24)25)26-17(30)12-6-8-13(22)9-7-12/h6-9,20,27H,5,10H2,1-4H3,(H,26,30). The summed E-state index contributed by atoms with van der Waals surface area (Å²) in [5.74, 6) is -1.35. The van der Waals surface area contributed by atoms with Gasteiger partial charge in [0.2, 0.25) is 3.79 Å². The van der Waals surface area contributed by atoms with Crippen molar-refractivity contribution in [1.82, 2.24) is 10.2 Å². The van der Waals surface area contributed by atoms with Gasteiger partial charge in [-0.3, -0.25) is 9.59 Å². The van der Waals surface area contributed by atoms with Gasteiger partial charge in [-0.1, -0.05) is 46.4 Å². The maximum absolute atomic E-state index is 12.7. The van der Waals surface area contributed by atoms with Crippen LogP contribution in [0, 0.1) is 6.92 Å². The summed E-state index contributed by atoms with van der Waals surface area (Å²) in [5.41, 5.74) is 0.874. The number of thiophene rings is 1. The minimum atomic E-state index is -2.00. The number of carbonyl (C=O) groups is 3. The van der Waals surface area contributed by atoms with Crippen molar-refractivity contribution in [1.29, 1.82) is 0 Å². The highest BCUT2D eigenvalue weighted by Gasteiger charge is 2.37. The number of ketones is 1. The summed E-state index contributed by atoms with van der Waals surface area (Å²) in [6, 6.07) is 6.14. The third-order valence-corrected chi connectivity index (χ3v) is 6.49. The number of carbonyl (C=O) groups excluding carboxylic acids is 3. The minimum Gasteiger partial charge on any atom is -0.462 e. The Morgan fingerprint density at radius 2 is 1.76 bits per heavy atom. The van der Waals surface area contributed by atoms with E-state index in [9.17, 15) is 14.4 Å². The molecule has 1 aromatic heterocycles. The molecule has 1 unspecified atom stereocenters. The molecule has 180 valence electrons. The van der Waals surface area contributed by atoms with Gasteiger partial charge in [-0.25, -0.2) is 4.79 Å². The van der Waals surface area contributed by atoms with Crippen LogP contribution in [0.4, 0.5) is 5.00 Å². The summed E-state index contributed by atoms with van der Waals surface area (Å²) in [6.45, 7) is 3.59. The largest absolute Gasteiger partial charge is 0.462 e. The first-order valence-electron chi connectivity index (χ1n) is 9.73. The topological polar surface area (TPSA) is 87.7 Å². The normalized spacial score (nSPS) is 12.4. The number of alkyl halides is 3. The van der Waals surface area contributed by atoms with Crippen molar-refractivity contribution in [3.8, 4) is 0 Å². The molecule has 1 aromatic carbocycles. The fourth-order valence-electron chi connectivity index (χ4n) is 2.84. The van der Waals surface area contributed by atoms with Crippen LogP contribution in [-0.2, 0) is 4.74 Å². The number of likely N-dealkylation sites (N-methyl/N-ethyl adjacent to an activating group) is 1. The number of rotatable bonds is 9. The third-order valence-electron chi connectivity index (χ3n) is 4.32. The third kappa shape index (κ3) is 7.47. The molecule has 0 aliphatic rings. The molecule has 2 rings (SSSR count). The van der Waals surface area contributed by atoms with E-state index in [1.165, 1.54) is 12.1 Å². The minimum absolute atomic E-state index is 0.135. The van der Waals surface area contributed by atoms with Crippen molar-refractivity contribution in [3.05, 3.63) is 50.9 Å². The highest BCUT2D eigenvalue weighted by Crippen LogP contribution is 2.38. The zero-order valence-corrected chi connectivity index (χ0v) is 22.1. The van der Waals surface area contributed by atoms with Crippen LogP contribution in [-0.4, -0.2) is 59.8 Å². The van der Waals surface area contributed by atoms with Gasteiger partial charge in [0.1, 0.15) is 11.2 Å². The summed E-state index contributed by atoms with van der Waals surface area (Å²) in [5, 5.41) is 6.21. The summed E-state index contributed by atoms with van der Waals surface area (Å²) < 4.78 is 3.16. The number of hydrogen-bond donors (Lipinski definition) is 2. The highest BCUT2D eigenvalue weighted by molar-refractivity contribution is 7.18. The summed E-state index contributed by atoms with van der Waals surface area (Å²) in [6.07, 6.45) is -1.24. The van der Waals surface area contributed by atoms with Crippen molar-refractivity contribution in [2.24, 2.45) is 0 Å². The monoisotopic (exact) mass is 553 g/mol. The fourth-order valence-corrected chi connectivity index (χ4v) is 4.44. The lowest BCUT2D eigenvalue weighted by Crippen LogP contribution is -2.49. The van der Waals surface area contributed by atoms with Crippen molar-refractivity contribution < 1.29 is 19.1 Å². The molecule has 12 heteroatoms. The van der Waals surface area contributed by atoms with Gasteiger partial charge in [0.25, 0.3) is 5.91 Å². The molecule has 0 radical (unpaired) electrons. The molecule has 0 saturated heterocycles. The molecule has 0 saturated carbocycles. The molecule has 0 aliphatic heterocycles. The first-order chi connectivity index (χ1) is 15.3. The molecule has 2 N–H and O–H groups in total. The molecule has 0 bridgehead atoms. The Labute approximate surface area is 216 Å². The van der Waals surface area contributed by atoms with Gasteiger partial charge >= 0.3 is 5.97 Å². The number of benzene rings is 1. The van der Waals surface area contributed by atoms with E-state index in [0.717, 1.165) is 11.3 Å². The quantitative estimate of drug-likeness (QED) is 0.192. The maximum Gasteiger partial charge on any atom is 0.341 e. The van der Waals surface area contributed by atoms with E-state index in [0.29, 0.717) is 15.5 Å². The van der Waals surface area contributed by atoms with Crippen molar-refractivity contribution >= 4 is 80.4 Å². The van der Waals surface area contributed by atoms with Crippen LogP contribution in [0.2, 0.25) is 5.02 Å². The van der Waals surface area contributed by atoms with E-state index in [2.05, 4.69) is 10.6 Å².